The van der Waals surface area contributed by atoms with Crippen molar-refractivity contribution < 1.29 is 27.2 Å². The van der Waals surface area contributed by atoms with Crippen molar-refractivity contribution in [1.82, 2.24) is 5.43 Å². The lowest BCUT2D eigenvalue weighted by atomic mass is 10.2. The highest BCUT2D eigenvalue weighted by Crippen LogP contribution is 2.32. The quantitative estimate of drug-likeness (QED) is 0.231. The van der Waals surface area contributed by atoms with Gasteiger partial charge in [0.1, 0.15) is 5.76 Å². The summed E-state index contributed by atoms with van der Waals surface area (Å²) in [5, 5.41) is 2.76. The molecule has 1 aromatic heterocycles. The molecule has 0 fully saturated rings. The van der Waals surface area contributed by atoms with Crippen molar-refractivity contribution in [2.45, 2.75) is 11.4 Å². The van der Waals surface area contributed by atoms with Crippen LogP contribution in [0.25, 0.3) is 0 Å². The van der Waals surface area contributed by atoms with E-state index in [0.29, 0.717) is 5.76 Å². The van der Waals surface area contributed by atoms with Gasteiger partial charge in [-0.05, 0) is 24.3 Å². The van der Waals surface area contributed by atoms with Crippen LogP contribution in [-0.2, 0) is 21.1 Å². The first-order valence-corrected chi connectivity index (χ1v) is 9.02. The first-order chi connectivity index (χ1) is 11.7. The largest absolute Gasteiger partial charge is 0.467 e. The summed E-state index contributed by atoms with van der Waals surface area (Å²) in [6.07, 6.45) is 1.22. The number of furan rings is 1. The van der Waals surface area contributed by atoms with Gasteiger partial charge >= 0.3 is 12.1 Å². The molecule has 11 heteroatoms. The lowest BCUT2D eigenvalue weighted by molar-refractivity contribution is 0.0622. The molecule has 0 atom stereocenters. The minimum Gasteiger partial charge on any atom is -0.467 e. The Hall–Kier alpha value is -2.56. The molecule has 4 N–H and O–H groups in total. The third-order valence-electron chi connectivity index (χ3n) is 3.01. The molecule has 25 heavy (non-hydrogen) atoms. The summed E-state index contributed by atoms with van der Waals surface area (Å²) in [5.74, 6) is 4.31. The van der Waals surface area contributed by atoms with E-state index in [1.807, 2.05) is 0 Å². The first-order valence-electron chi connectivity index (χ1n) is 6.75. The van der Waals surface area contributed by atoms with Crippen LogP contribution in [-0.4, -0.2) is 26.7 Å². The molecule has 0 spiro atoms. The number of rotatable bonds is 5. The van der Waals surface area contributed by atoms with Crippen molar-refractivity contribution >= 4 is 39.2 Å². The van der Waals surface area contributed by atoms with Crippen LogP contribution in [0.3, 0.4) is 0 Å². The molecule has 0 saturated heterocycles. The maximum Gasteiger partial charge on any atom is 0.429 e. The van der Waals surface area contributed by atoms with Gasteiger partial charge < -0.3 is 14.5 Å². The molecule has 1 amide bonds. The number of esters is 1. The highest BCUT2D eigenvalue weighted by Gasteiger charge is 2.22. The number of nitrogens with one attached hydrogen (secondary N) is 2. The molecule has 134 valence electrons. The van der Waals surface area contributed by atoms with Gasteiger partial charge in [0, 0.05) is 6.26 Å². The SMILES string of the molecule is CS(=O)(=O)c1cc(C(=O)OC(=O)NN)cc(NCc2ccco2)c1Cl. The van der Waals surface area contributed by atoms with E-state index in [1.54, 1.807) is 17.6 Å². The zero-order chi connectivity index (χ0) is 18.6. The summed E-state index contributed by atoms with van der Waals surface area (Å²) in [6, 6.07) is 5.65. The van der Waals surface area contributed by atoms with Crippen LogP contribution in [0.2, 0.25) is 5.02 Å². The molecule has 0 aliphatic rings. The molecule has 0 bridgehead atoms. The Bertz CT molecular complexity index is 896. The molecule has 1 heterocycles. The van der Waals surface area contributed by atoms with Crippen molar-refractivity contribution in [3.63, 3.8) is 0 Å². The number of benzene rings is 1. The number of nitrogens with two attached hydrogens (primary N) is 1. The van der Waals surface area contributed by atoms with Crippen molar-refractivity contribution in [3.05, 3.63) is 46.9 Å². The summed E-state index contributed by atoms with van der Waals surface area (Å²) in [4.78, 5) is 22.7. The maximum atomic E-state index is 12.0. The monoisotopic (exact) mass is 387 g/mol. The van der Waals surface area contributed by atoms with Gasteiger partial charge in [0.2, 0.25) is 0 Å². The highest BCUT2D eigenvalue weighted by molar-refractivity contribution is 7.90. The van der Waals surface area contributed by atoms with Crippen LogP contribution in [0.1, 0.15) is 16.1 Å². The molecular weight excluding hydrogens is 374 g/mol. The second-order valence-corrected chi connectivity index (χ2v) is 7.22. The predicted molar refractivity (Wildman–Crippen MR) is 88.7 cm³/mol. The zero-order valence-corrected chi connectivity index (χ0v) is 14.5. The smallest absolute Gasteiger partial charge is 0.429 e. The summed E-state index contributed by atoms with van der Waals surface area (Å²) in [5.41, 5.74) is 1.58. The lowest BCUT2D eigenvalue weighted by Crippen LogP contribution is -2.32. The Morgan fingerprint density at radius 3 is 2.64 bits per heavy atom. The van der Waals surface area contributed by atoms with Crippen molar-refractivity contribution in [3.8, 4) is 0 Å². The molecule has 0 aliphatic heterocycles. The summed E-state index contributed by atoms with van der Waals surface area (Å²) >= 11 is 6.12. The Kier molecular flexibility index (Phi) is 5.67. The minimum absolute atomic E-state index is 0.103. The number of halogens is 1. The number of sulfone groups is 1. The molecule has 0 aliphatic carbocycles. The number of hydrogen-bond acceptors (Lipinski definition) is 8. The third kappa shape index (κ3) is 4.72. The average molecular weight is 388 g/mol. The number of ether oxygens (including phenoxy) is 1. The van der Waals surface area contributed by atoms with E-state index in [-0.39, 0.29) is 27.7 Å². The second kappa shape index (κ2) is 7.55. The Balaban J connectivity index is 2.41. The molecule has 0 saturated carbocycles. The minimum atomic E-state index is -3.75. The van der Waals surface area contributed by atoms with E-state index in [1.165, 1.54) is 12.3 Å². The van der Waals surface area contributed by atoms with E-state index in [9.17, 15) is 18.0 Å². The molecular formula is C14H14ClN3O6S. The molecule has 0 radical (unpaired) electrons. The lowest BCUT2D eigenvalue weighted by Gasteiger charge is -2.12. The van der Waals surface area contributed by atoms with E-state index in [0.717, 1.165) is 12.3 Å². The molecule has 0 unspecified atom stereocenters. The van der Waals surface area contributed by atoms with E-state index in [4.69, 9.17) is 21.9 Å². The third-order valence-corrected chi connectivity index (χ3v) is 4.65. The average Bonchev–Trinajstić information content (AvgIpc) is 3.05. The van der Waals surface area contributed by atoms with Gasteiger partial charge in [-0.25, -0.2) is 23.8 Å². The van der Waals surface area contributed by atoms with Crippen LogP contribution >= 0.6 is 11.6 Å². The van der Waals surface area contributed by atoms with Crippen molar-refractivity contribution in [1.29, 1.82) is 0 Å². The Morgan fingerprint density at radius 2 is 2.08 bits per heavy atom. The molecule has 2 rings (SSSR count). The fraction of sp³-hybridized carbons (Fsp3) is 0.143. The van der Waals surface area contributed by atoms with Crippen molar-refractivity contribution in [2.24, 2.45) is 5.84 Å². The number of carbonyl (C=O) groups is 2. The normalized spacial score (nSPS) is 11.0. The summed E-state index contributed by atoms with van der Waals surface area (Å²) in [6.45, 7) is 0.192. The fourth-order valence-electron chi connectivity index (χ4n) is 1.88. The number of amides is 1. The first kappa shape index (κ1) is 18.8. The van der Waals surface area contributed by atoms with Gasteiger partial charge in [0.05, 0.1) is 34.0 Å². The predicted octanol–water partition coefficient (Wildman–Crippen LogP) is 1.69. The Labute approximate surface area is 148 Å². The van der Waals surface area contributed by atoms with Gasteiger partial charge in [-0.3, -0.25) is 5.43 Å². The molecule has 1 aromatic carbocycles. The second-order valence-electron chi connectivity index (χ2n) is 4.86. The van der Waals surface area contributed by atoms with E-state index < -0.39 is 21.9 Å². The number of carbonyl (C=O) groups excluding carboxylic acids is 2. The van der Waals surface area contributed by atoms with Crippen LogP contribution < -0.4 is 16.6 Å². The van der Waals surface area contributed by atoms with Crippen LogP contribution in [0, 0.1) is 0 Å². The fourth-order valence-corrected chi connectivity index (χ4v) is 3.26. The summed E-state index contributed by atoms with van der Waals surface area (Å²) in [7, 11) is -3.75. The maximum absolute atomic E-state index is 12.0. The molecule has 9 nitrogen and oxygen atoms in total. The van der Waals surface area contributed by atoms with Crippen LogP contribution in [0.5, 0.6) is 0 Å². The zero-order valence-electron chi connectivity index (χ0n) is 12.9. The van der Waals surface area contributed by atoms with E-state index in [2.05, 4.69) is 10.1 Å². The van der Waals surface area contributed by atoms with Gasteiger partial charge in [0.15, 0.2) is 9.84 Å². The number of anilines is 1. The van der Waals surface area contributed by atoms with Gasteiger partial charge in [-0.15, -0.1) is 0 Å². The van der Waals surface area contributed by atoms with Crippen molar-refractivity contribution in [2.75, 3.05) is 11.6 Å². The van der Waals surface area contributed by atoms with Gasteiger partial charge in [-0.2, -0.15) is 0 Å². The summed E-state index contributed by atoms with van der Waals surface area (Å²) < 4.78 is 33.4. The molecule has 2 aromatic rings. The Morgan fingerprint density at radius 1 is 1.36 bits per heavy atom. The van der Waals surface area contributed by atoms with Gasteiger partial charge in [-0.1, -0.05) is 11.6 Å². The van der Waals surface area contributed by atoms with Gasteiger partial charge in [0.25, 0.3) is 0 Å². The van der Waals surface area contributed by atoms with E-state index >= 15 is 0 Å². The standard InChI is InChI=1S/C14H14ClN3O6S/c1-25(21,22)11-6-8(13(19)24-14(20)18-16)5-10(12(11)15)17-7-9-3-2-4-23-9/h2-6,17H,7,16H2,1H3,(H,18,20). The number of hydrogen-bond donors (Lipinski definition) is 3. The highest BCUT2D eigenvalue weighted by atomic mass is 35.5. The number of hydrazine groups is 1. The topological polar surface area (TPSA) is 141 Å². The van der Waals surface area contributed by atoms with Crippen LogP contribution in [0.4, 0.5) is 10.5 Å². The van der Waals surface area contributed by atoms with Crippen LogP contribution in [0.15, 0.2) is 39.8 Å².